The van der Waals surface area contributed by atoms with E-state index in [2.05, 4.69) is 21.3 Å². The van der Waals surface area contributed by atoms with Crippen molar-refractivity contribution >= 4 is 35.3 Å². The van der Waals surface area contributed by atoms with E-state index < -0.39 is 64.6 Å². The van der Waals surface area contributed by atoms with Crippen LogP contribution < -0.4 is 21.3 Å². The van der Waals surface area contributed by atoms with Crippen LogP contribution in [0.25, 0.3) is 0 Å². The third-order valence-electron chi connectivity index (χ3n) is 11.9. The number of benzene rings is 1. The van der Waals surface area contributed by atoms with Gasteiger partial charge < -0.3 is 31.3 Å². The van der Waals surface area contributed by atoms with Gasteiger partial charge in [0.2, 0.25) is 23.5 Å². The van der Waals surface area contributed by atoms with Crippen LogP contribution in [-0.4, -0.2) is 81.6 Å². The molecule has 292 valence electrons. The fourth-order valence-corrected chi connectivity index (χ4v) is 8.55. The second-order valence-electron chi connectivity index (χ2n) is 17.2. The van der Waals surface area contributed by atoms with Gasteiger partial charge in [-0.25, -0.2) is 0 Å². The Morgan fingerprint density at radius 1 is 0.830 bits per heavy atom. The van der Waals surface area contributed by atoms with Crippen molar-refractivity contribution in [1.82, 2.24) is 26.2 Å². The minimum atomic E-state index is -1.89. The quantitative estimate of drug-likeness (QED) is 0.181. The van der Waals surface area contributed by atoms with Crippen molar-refractivity contribution < 1.29 is 33.9 Å². The number of carbonyl (C=O) groups excluding carboxylic acids is 6. The molecule has 1 aromatic rings. The van der Waals surface area contributed by atoms with E-state index in [1.165, 1.54) is 6.92 Å². The third-order valence-corrected chi connectivity index (χ3v) is 11.9. The third kappa shape index (κ3) is 9.66. The zero-order valence-electron chi connectivity index (χ0n) is 32.2. The number of aliphatic hydroxyl groups is 1. The summed E-state index contributed by atoms with van der Waals surface area (Å²) in [5, 5.41) is 22.8. The standard InChI is InChI=1S/C41H61N5O7/c1-6-15-29(33(47)37(50)42-28-22-23-28)43-35(48)31-24-26-18-13-14-21-30(26)46(31)38(51)34(40(2,3)4)45-36(49)32(25-16-9-7-10-17-25)44-39(52)41(5,53)27-19-11-8-12-20-27/h8,11-12,19-20,25-26,28-32,34,53H,6-7,9-10,13-18,21-24H2,1-5H3,(H,42,50)(H,43,48)(H,44,52)(H,45,49)/t26?,29-,30?,31-,32-,34+,41+/m0/s1. The van der Waals surface area contributed by atoms with Crippen molar-refractivity contribution in [1.29, 1.82) is 0 Å². The first kappa shape index (κ1) is 40.4. The molecule has 1 heterocycles. The number of nitrogens with one attached hydrogen (secondary N) is 4. The molecule has 2 unspecified atom stereocenters. The smallest absolute Gasteiger partial charge is 0.289 e. The first-order chi connectivity index (χ1) is 25.1. The van der Waals surface area contributed by atoms with E-state index in [0.717, 1.165) is 57.8 Å². The number of rotatable bonds is 14. The molecule has 5 rings (SSSR count). The van der Waals surface area contributed by atoms with Gasteiger partial charge >= 0.3 is 0 Å². The topological polar surface area (TPSA) is 174 Å². The Kier molecular flexibility index (Phi) is 13.0. The first-order valence-electron chi connectivity index (χ1n) is 20.0. The predicted octanol–water partition coefficient (Wildman–Crippen LogP) is 3.78. The van der Waals surface area contributed by atoms with Gasteiger partial charge in [-0.1, -0.05) is 96.6 Å². The highest BCUT2D eigenvalue weighted by Gasteiger charge is 2.51. The molecule has 4 aliphatic rings. The van der Waals surface area contributed by atoms with E-state index >= 15 is 0 Å². The number of likely N-dealkylation sites (tertiary alicyclic amines) is 1. The zero-order valence-corrected chi connectivity index (χ0v) is 32.2. The Morgan fingerprint density at radius 3 is 2.09 bits per heavy atom. The van der Waals surface area contributed by atoms with Crippen LogP contribution in [0.3, 0.4) is 0 Å². The molecule has 1 aliphatic heterocycles. The van der Waals surface area contributed by atoms with Gasteiger partial charge in [-0.2, -0.15) is 0 Å². The van der Waals surface area contributed by atoms with Crippen LogP contribution in [-0.2, 0) is 34.4 Å². The second-order valence-corrected chi connectivity index (χ2v) is 17.2. The van der Waals surface area contributed by atoms with E-state index in [1.807, 2.05) is 27.7 Å². The van der Waals surface area contributed by atoms with Gasteiger partial charge in [0.05, 0.1) is 6.04 Å². The van der Waals surface area contributed by atoms with E-state index in [1.54, 1.807) is 35.2 Å². The lowest BCUT2D eigenvalue weighted by Crippen LogP contribution is -2.63. The molecule has 1 aromatic carbocycles. The largest absolute Gasteiger partial charge is 0.376 e. The summed E-state index contributed by atoms with van der Waals surface area (Å²) in [6, 6.07) is 4.48. The molecule has 1 saturated heterocycles. The lowest BCUT2D eigenvalue weighted by Gasteiger charge is -2.41. The Bertz CT molecular complexity index is 1500. The van der Waals surface area contributed by atoms with Crippen molar-refractivity contribution in [2.24, 2.45) is 17.3 Å². The number of carbonyl (C=O) groups is 6. The highest BCUT2D eigenvalue weighted by Crippen LogP contribution is 2.41. The highest BCUT2D eigenvalue weighted by atomic mass is 16.3. The predicted molar refractivity (Wildman–Crippen MR) is 200 cm³/mol. The van der Waals surface area contributed by atoms with Gasteiger partial charge in [-0.3, -0.25) is 28.8 Å². The normalized spacial score (nSPS) is 24.8. The number of amides is 5. The van der Waals surface area contributed by atoms with Gasteiger partial charge in [-0.15, -0.1) is 0 Å². The molecule has 0 radical (unpaired) electrons. The summed E-state index contributed by atoms with van der Waals surface area (Å²) < 4.78 is 0. The molecule has 0 aromatic heterocycles. The molecule has 7 atom stereocenters. The second kappa shape index (κ2) is 17.1. The average Bonchev–Trinajstić information content (AvgIpc) is 3.87. The van der Waals surface area contributed by atoms with Crippen LogP contribution in [0.2, 0.25) is 0 Å². The van der Waals surface area contributed by atoms with Gasteiger partial charge in [-0.05, 0) is 81.1 Å². The minimum absolute atomic E-state index is 0.00286. The summed E-state index contributed by atoms with van der Waals surface area (Å²) in [5.41, 5.74) is -2.27. The molecule has 12 heteroatoms. The van der Waals surface area contributed by atoms with Crippen molar-refractivity contribution in [3.8, 4) is 0 Å². The van der Waals surface area contributed by atoms with Crippen molar-refractivity contribution in [3.63, 3.8) is 0 Å². The van der Waals surface area contributed by atoms with Crippen LogP contribution in [0.15, 0.2) is 30.3 Å². The first-order valence-corrected chi connectivity index (χ1v) is 20.0. The lowest BCUT2D eigenvalue weighted by atomic mass is 9.81. The molecule has 0 bridgehead atoms. The Morgan fingerprint density at radius 2 is 1.47 bits per heavy atom. The van der Waals surface area contributed by atoms with Crippen LogP contribution in [0.1, 0.15) is 130 Å². The van der Waals surface area contributed by atoms with E-state index in [9.17, 15) is 33.9 Å². The molecule has 3 aliphatic carbocycles. The molecule has 3 saturated carbocycles. The molecule has 12 nitrogen and oxygen atoms in total. The van der Waals surface area contributed by atoms with Crippen molar-refractivity contribution in [2.45, 2.75) is 166 Å². The molecular weight excluding hydrogens is 674 g/mol. The Labute approximate surface area is 314 Å². The van der Waals surface area contributed by atoms with Gasteiger partial charge in [0, 0.05) is 12.1 Å². The van der Waals surface area contributed by atoms with Crippen LogP contribution in [0.4, 0.5) is 0 Å². The summed E-state index contributed by atoms with van der Waals surface area (Å²) in [6.07, 6.45) is 10.7. The van der Waals surface area contributed by atoms with E-state index in [0.29, 0.717) is 37.7 Å². The fourth-order valence-electron chi connectivity index (χ4n) is 8.55. The Hall–Kier alpha value is -3.80. The van der Waals surface area contributed by atoms with E-state index in [-0.39, 0.29) is 29.8 Å². The van der Waals surface area contributed by atoms with E-state index in [4.69, 9.17) is 0 Å². The molecule has 5 amide bonds. The fraction of sp³-hybridized carbons (Fsp3) is 0.707. The number of hydrogen-bond acceptors (Lipinski definition) is 7. The number of fused-ring (bicyclic) bond motifs is 1. The van der Waals surface area contributed by atoms with Crippen LogP contribution in [0.5, 0.6) is 0 Å². The van der Waals surface area contributed by atoms with Crippen LogP contribution in [0, 0.1) is 17.3 Å². The average molecular weight is 736 g/mol. The van der Waals surface area contributed by atoms with Gasteiger partial charge in [0.25, 0.3) is 11.8 Å². The monoisotopic (exact) mass is 735 g/mol. The summed E-state index contributed by atoms with van der Waals surface area (Å²) in [5.74, 6) is -3.51. The number of Topliss-reactive ketones (excluding diaryl/α,β-unsaturated/α-hetero) is 1. The summed E-state index contributed by atoms with van der Waals surface area (Å²) >= 11 is 0. The van der Waals surface area contributed by atoms with Crippen molar-refractivity contribution in [3.05, 3.63) is 35.9 Å². The molecular formula is C41H61N5O7. The van der Waals surface area contributed by atoms with Gasteiger partial charge in [0.15, 0.2) is 5.60 Å². The maximum atomic E-state index is 14.9. The molecule has 4 fully saturated rings. The maximum Gasteiger partial charge on any atom is 0.289 e. The number of nitrogens with zero attached hydrogens (tertiary/aromatic N) is 1. The number of ketones is 1. The molecule has 5 N–H and O–H groups in total. The maximum absolute atomic E-state index is 14.9. The number of hydrogen-bond donors (Lipinski definition) is 5. The summed E-state index contributed by atoms with van der Waals surface area (Å²) in [6.45, 7) is 8.88. The highest BCUT2D eigenvalue weighted by molar-refractivity contribution is 6.38. The molecule has 0 spiro atoms. The summed E-state index contributed by atoms with van der Waals surface area (Å²) in [4.78, 5) is 84.7. The lowest BCUT2D eigenvalue weighted by molar-refractivity contribution is -0.148. The van der Waals surface area contributed by atoms with Crippen LogP contribution >= 0.6 is 0 Å². The SMILES string of the molecule is CCC[C@H](NC(=O)[C@@H]1CC2CCCCC2N1C(=O)[C@@H](NC(=O)[C@@H](NC(=O)[C@](C)(O)c1ccccc1)C1CCCCC1)C(C)(C)C)C(=O)C(=O)NC1CC1. The Balaban J connectivity index is 1.39. The molecule has 53 heavy (non-hydrogen) atoms. The van der Waals surface area contributed by atoms with Crippen molar-refractivity contribution in [2.75, 3.05) is 0 Å². The summed E-state index contributed by atoms with van der Waals surface area (Å²) in [7, 11) is 0. The minimum Gasteiger partial charge on any atom is -0.376 e. The van der Waals surface area contributed by atoms with Gasteiger partial charge in [0.1, 0.15) is 18.1 Å². The zero-order chi connectivity index (χ0) is 38.5.